The van der Waals surface area contributed by atoms with Crippen molar-refractivity contribution >= 4 is 0 Å². The van der Waals surface area contributed by atoms with Crippen LogP contribution < -0.4 is 0 Å². The zero-order valence-electron chi connectivity index (χ0n) is 19.1. The van der Waals surface area contributed by atoms with E-state index in [9.17, 15) is 10.2 Å². The molecule has 0 aromatic carbocycles. The molecule has 2 nitrogen and oxygen atoms in total. The second-order valence-electron chi connectivity index (χ2n) is 11.3. The molecule has 0 amide bonds. The van der Waals surface area contributed by atoms with Crippen molar-refractivity contribution < 1.29 is 10.2 Å². The molecule has 4 aliphatic carbocycles. The van der Waals surface area contributed by atoms with Crippen molar-refractivity contribution in [3.05, 3.63) is 35.5 Å². The minimum absolute atomic E-state index is 0.0495. The molecular weight excluding hydrogens is 356 g/mol. The quantitative estimate of drug-likeness (QED) is 0.554. The normalized spacial score (nSPS) is 45.6. The van der Waals surface area contributed by atoms with E-state index in [0.29, 0.717) is 35.5 Å². The summed E-state index contributed by atoms with van der Waals surface area (Å²) in [6.45, 7) is 13.6. The number of rotatable bonds is 4. The molecule has 0 bridgehead atoms. The lowest BCUT2D eigenvalue weighted by Gasteiger charge is -2.58. The van der Waals surface area contributed by atoms with Crippen molar-refractivity contribution in [2.75, 3.05) is 0 Å². The Hall–Kier alpha value is -0.860. The molecule has 0 aromatic rings. The molecule has 0 aliphatic heterocycles. The van der Waals surface area contributed by atoms with Gasteiger partial charge in [0.15, 0.2) is 0 Å². The van der Waals surface area contributed by atoms with Gasteiger partial charge in [0.2, 0.25) is 0 Å². The summed E-state index contributed by atoms with van der Waals surface area (Å²) in [5.74, 6) is 2.16. The van der Waals surface area contributed by atoms with Gasteiger partial charge in [0.05, 0.1) is 12.2 Å². The monoisotopic (exact) mass is 398 g/mol. The van der Waals surface area contributed by atoms with Gasteiger partial charge in [-0.1, -0.05) is 63.1 Å². The van der Waals surface area contributed by atoms with E-state index in [4.69, 9.17) is 0 Å². The zero-order valence-corrected chi connectivity index (χ0v) is 19.1. The van der Waals surface area contributed by atoms with E-state index < -0.39 is 0 Å². The van der Waals surface area contributed by atoms with Crippen LogP contribution in [0.4, 0.5) is 0 Å². The summed E-state index contributed by atoms with van der Waals surface area (Å²) in [6, 6.07) is 0. The van der Waals surface area contributed by atoms with E-state index in [1.54, 1.807) is 11.1 Å². The van der Waals surface area contributed by atoms with Gasteiger partial charge in [-0.25, -0.2) is 0 Å². The second kappa shape index (κ2) is 7.68. The number of hydrogen-bond acceptors (Lipinski definition) is 2. The van der Waals surface area contributed by atoms with Crippen molar-refractivity contribution in [3.63, 3.8) is 0 Å². The lowest BCUT2D eigenvalue weighted by molar-refractivity contribution is -0.123. The third-order valence-corrected chi connectivity index (χ3v) is 9.67. The molecule has 0 radical (unpaired) electrons. The highest BCUT2D eigenvalue weighted by Gasteiger charge is 2.58. The largest absolute Gasteiger partial charge is 0.393 e. The van der Waals surface area contributed by atoms with Gasteiger partial charge in [0.1, 0.15) is 0 Å². The maximum Gasteiger partial charge on any atom is 0.0626 e. The van der Waals surface area contributed by atoms with Crippen LogP contribution in [0.2, 0.25) is 0 Å². The molecule has 4 aliphatic rings. The summed E-state index contributed by atoms with van der Waals surface area (Å²) in [5, 5.41) is 21.3. The van der Waals surface area contributed by atoms with Crippen LogP contribution in [0.5, 0.6) is 0 Å². The molecule has 2 N–H and O–H groups in total. The Labute approximate surface area is 178 Å². The Morgan fingerprint density at radius 2 is 1.97 bits per heavy atom. The first-order valence-electron chi connectivity index (χ1n) is 12.1. The lowest BCUT2D eigenvalue weighted by atomic mass is 9.47. The van der Waals surface area contributed by atoms with Crippen LogP contribution >= 0.6 is 0 Å². The number of hydrogen-bond donors (Lipinski definition) is 2. The number of allylic oxidation sites excluding steroid dienone is 5. The predicted molar refractivity (Wildman–Crippen MR) is 120 cm³/mol. The van der Waals surface area contributed by atoms with E-state index in [1.807, 2.05) is 0 Å². The van der Waals surface area contributed by atoms with Gasteiger partial charge in [-0.05, 0) is 86.9 Å². The van der Waals surface area contributed by atoms with Crippen LogP contribution in [-0.2, 0) is 0 Å². The molecule has 162 valence electrons. The number of aliphatic hydroxyl groups excluding tert-OH is 2. The average molecular weight is 399 g/mol. The number of fused-ring (bicyclic) bond motifs is 5. The molecule has 0 aromatic heterocycles. The summed E-state index contributed by atoms with van der Waals surface area (Å²) < 4.78 is 0. The molecular formula is C27H42O2. The minimum Gasteiger partial charge on any atom is -0.393 e. The van der Waals surface area contributed by atoms with Crippen molar-refractivity contribution in [3.8, 4) is 0 Å². The molecule has 3 fully saturated rings. The highest BCUT2D eigenvalue weighted by Crippen LogP contribution is 2.65. The first-order valence-corrected chi connectivity index (χ1v) is 12.1. The molecule has 0 unspecified atom stereocenters. The van der Waals surface area contributed by atoms with E-state index in [-0.39, 0.29) is 17.6 Å². The summed E-state index contributed by atoms with van der Waals surface area (Å²) in [4.78, 5) is 0. The van der Waals surface area contributed by atoms with Gasteiger partial charge in [-0.15, -0.1) is 0 Å². The van der Waals surface area contributed by atoms with Crippen LogP contribution in [0.3, 0.4) is 0 Å². The molecule has 3 saturated carbocycles. The van der Waals surface area contributed by atoms with Crippen molar-refractivity contribution in [1.82, 2.24) is 0 Å². The van der Waals surface area contributed by atoms with Crippen LogP contribution in [-0.4, -0.2) is 22.4 Å². The Bertz CT molecular complexity index is 716. The fourth-order valence-electron chi connectivity index (χ4n) is 7.47. The Morgan fingerprint density at radius 1 is 1.21 bits per heavy atom. The Balaban J connectivity index is 1.55. The van der Waals surface area contributed by atoms with Gasteiger partial charge in [0.25, 0.3) is 0 Å². The van der Waals surface area contributed by atoms with E-state index >= 15 is 0 Å². The lowest BCUT2D eigenvalue weighted by Crippen LogP contribution is -2.55. The molecule has 4 rings (SSSR count). The summed E-state index contributed by atoms with van der Waals surface area (Å²) in [7, 11) is 0. The predicted octanol–water partition coefficient (Wildman–Crippen LogP) is 6.20. The van der Waals surface area contributed by atoms with Gasteiger partial charge in [0, 0.05) is 5.41 Å². The maximum atomic E-state index is 11.0. The molecule has 0 heterocycles. The van der Waals surface area contributed by atoms with Gasteiger partial charge < -0.3 is 10.2 Å². The Morgan fingerprint density at radius 3 is 2.69 bits per heavy atom. The van der Waals surface area contributed by atoms with Gasteiger partial charge >= 0.3 is 0 Å². The standard InChI is InChI=1S/C27H42O2/c1-17(2)18(3)7-6-8-19-10-12-23-22-11-9-20-15-21(28)16-25(29)27(20,5)24(22)13-14-26(19,23)4/h8,11,17,20-21,23-25,28-29H,3,6-7,9-10,12-16H2,1-2,4-5H3/b19-8+/t20-,21+,23-,24-,25+,26+,27-/m0/s1. The van der Waals surface area contributed by atoms with Gasteiger partial charge in [-0.3, -0.25) is 0 Å². The van der Waals surface area contributed by atoms with Crippen molar-refractivity contribution in [1.29, 1.82) is 0 Å². The SMILES string of the molecule is C=C(CC/C=C1\CC[C@H]2C3=CC[C@H]4C[C@@H](O)C[C@@H](O)[C@]4(C)[C@H]3CC[C@]12C)C(C)C. The average Bonchev–Trinajstić information content (AvgIpc) is 2.99. The fourth-order valence-corrected chi connectivity index (χ4v) is 7.47. The second-order valence-corrected chi connectivity index (χ2v) is 11.3. The highest BCUT2D eigenvalue weighted by atomic mass is 16.3. The summed E-state index contributed by atoms with van der Waals surface area (Å²) >= 11 is 0. The van der Waals surface area contributed by atoms with E-state index in [2.05, 4.69) is 46.4 Å². The third kappa shape index (κ3) is 3.39. The van der Waals surface area contributed by atoms with Crippen LogP contribution in [0, 0.1) is 34.5 Å². The summed E-state index contributed by atoms with van der Waals surface area (Å²) in [6.07, 6.45) is 14.0. The van der Waals surface area contributed by atoms with Crippen LogP contribution in [0.15, 0.2) is 35.5 Å². The summed E-state index contributed by atoms with van der Waals surface area (Å²) in [5.41, 5.74) is 4.97. The van der Waals surface area contributed by atoms with E-state index in [1.165, 1.54) is 31.3 Å². The molecule has 7 atom stereocenters. The highest BCUT2D eigenvalue weighted by molar-refractivity contribution is 5.35. The van der Waals surface area contributed by atoms with E-state index in [0.717, 1.165) is 25.7 Å². The van der Waals surface area contributed by atoms with Crippen molar-refractivity contribution in [2.24, 2.45) is 34.5 Å². The smallest absolute Gasteiger partial charge is 0.0626 e. The third-order valence-electron chi connectivity index (χ3n) is 9.67. The molecule has 2 heteroatoms. The van der Waals surface area contributed by atoms with Crippen molar-refractivity contribution in [2.45, 2.75) is 97.7 Å². The first-order chi connectivity index (χ1) is 13.7. The minimum atomic E-state index is -0.368. The zero-order chi connectivity index (χ0) is 21.0. The van der Waals surface area contributed by atoms with Crippen LogP contribution in [0.1, 0.15) is 85.5 Å². The molecule has 29 heavy (non-hydrogen) atoms. The first kappa shape index (κ1) is 21.4. The molecule has 0 saturated heterocycles. The topological polar surface area (TPSA) is 40.5 Å². The Kier molecular flexibility index (Phi) is 5.66. The fraction of sp³-hybridized carbons (Fsp3) is 0.778. The van der Waals surface area contributed by atoms with Gasteiger partial charge in [-0.2, -0.15) is 0 Å². The maximum absolute atomic E-state index is 11.0. The molecule has 0 spiro atoms. The van der Waals surface area contributed by atoms with Crippen LogP contribution in [0.25, 0.3) is 0 Å². The number of aliphatic hydroxyl groups is 2.